The summed E-state index contributed by atoms with van der Waals surface area (Å²) in [6.07, 6.45) is 0.0347. The first-order valence-electron chi connectivity index (χ1n) is 8.61. The number of hydrogen-bond donors (Lipinski definition) is 4. The maximum atomic E-state index is 12.6. The zero-order valence-corrected chi connectivity index (χ0v) is 15.8. The van der Waals surface area contributed by atoms with E-state index in [4.69, 9.17) is 4.74 Å². The van der Waals surface area contributed by atoms with E-state index in [1.54, 1.807) is 31.4 Å². The fourth-order valence-corrected chi connectivity index (χ4v) is 3.67. The highest BCUT2D eigenvalue weighted by Gasteiger charge is 2.31. The average Bonchev–Trinajstić information content (AvgIpc) is 3.10. The normalized spacial score (nSPS) is 16.2. The van der Waals surface area contributed by atoms with Crippen LogP contribution in [-0.2, 0) is 9.59 Å². The second-order valence-corrected chi connectivity index (χ2v) is 7.18. The van der Waals surface area contributed by atoms with Crippen molar-refractivity contribution >= 4 is 50.1 Å². The van der Waals surface area contributed by atoms with Gasteiger partial charge in [0, 0.05) is 5.69 Å². The van der Waals surface area contributed by atoms with Gasteiger partial charge in [-0.2, -0.15) is 0 Å². The summed E-state index contributed by atoms with van der Waals surface area (Å²) in [5, 5.41) is 9.17. The topological polar surface area (TPSA) is 106 Å². The lowest BCUT2D eigenvalue weighted by molar-refractivity contribution is -0.490. The number of thiazole rings is 1. The number of para-hydroxylation sites is 1. The van der Waals surface area contributed by atoms with E-state index in [2.05, 4.69) is 25.9 Å². The predicted octanol–water partition coefficient (Wildman–Crippen LogP) is 0.681. The molecule has 1 aromatic heterocycles. The molecule has 2 aromatic carbocycles. The number of rotatable bonds is 4. The summed E-state index contributed by atoms with van der Waals surface area (Å²) in [5.41, 5.74) is 1.49. The summed E-state index contributed by atoms with van der Waals surface area (Å²) in [4.78, 5) is 32.1. The van der Waals surface area contributed by atoms with Crippen LogP contribution in [0.25, 0.3) is 10.2 Å². The highest BCUT2D eigenvalue weighted by atomic mass is 32.1. The molecule has 1 aliphatic heterocycles. The van der Waals surface area contributed by atoms with Gasteiger partial charge in [-0.15, -0.1) is 0 Å². The molecular weight excluding hydrogens is 378 g/mol. The Hall–Kier alpha value is -3.46. The second kappa shape index (κ2) is 7.65. The third-order valence-corrected chi connectivity index (χ3v) is 5.12. The van der Waals surface area contributed by atoms with Crippen molar-refractivity contribution in [1.29, 1.82) is 0 Å². The van der Waals surface area contributed by atoms with Gasteiger partial charge >= 0.3 is 5.96 Å². The third kappa shape index (κ3) is 3.94. The molecule has 4 N–H and O–H groups in total. The van der Waals surface area contributed by atoms with E-state index < -0.39 is 6.04 Å². The first-order valence-corrected chi connectivity index (χ1v) is 9.43. The number of guanidine groups is 1. The van der Waals surface area contributed by atoms with E-state index in [1.807, 2.05) is 24.3 Å². The predicted molar refractivity (Wildman–Crippen MR) is 107 cm³/mol. The van der Waals surface area contributed by atoms with E-state index in [0.717, 1.165) is 10.2 Å². The summed E-state index contributed by atoms with van der Waals surface area (Å²) < 4.78 is 6.13. The summed E-state index contributed by atoms with van der Waals surface area (Å²) in [5.74, 6) is 0.481. The van der Waals surface area contributed by atoms with Crippen molar-refractivity contribution in [2.75, 3.05) is 17.7 Å². The highest BCUT2D eigenvalue weighted by molar-refractivity contribution is 7.22. The Labute approximate surface area is 164 Å². The monoisotopic (exact) mass is 396 g/mol. The molecule has 1 aliphatic rings. The Balaban J connectivity index is 1.48. The van der Waals surface area contributed by atoms with Crippen molar-refractivity contribution in [3.8, 4) is 5.75 Å². The molecule has 1 atom stereocenters. The zero-order valence-electron chi connectivity index (χ0n) is 15.0. The largest absolute Gasteiger partial charge is 0.497 e. The standard InChI is InChI=1S/C19H17N5O3S/c1-27-12-8-6-11(7-9-12)20-17(26)14-10-16(25)23-18(21-14)24-19-22-13-4-2-3-5-15(13)28-19/h2-9,14H,10H2,1H3,(H,20,26)(H2,21,22,23,24,25)/p+1/t14-/m1/s1. The number of hydrogen-bond acceptors (Lipinski definition) is 6. The molecule has 0 saturated carbocycles. The van der Waals surface area contributed by atoms with Gasteiger partial charge < -0.3 is 10.1 Å². The van der Waals surface area contributed by atoms with Crippen molar-refractivity contribution in [2.45, 2.75) is 12.5 Å². The number of carbonyl (C=O) groups is 2. The van der Waals surface area contributed by atoms with Crippen molar-refractivity contribution in [3.05, 3.63) is 48.5 Å². The first kappa shape index (κ1) is 17.9. The number of nitrogens with zero attached hydrogens (tertiary/aromatic N) is 1. The maximum absolute atomic E-state index is 12.6. The van der Waals surface area contributed by atoms with Gasteiger partial charge in [-0.25, -0.2) is 15.6 Å². The van der Waals surface area contributed by atoms with Gasteiger partial charge in [-0.3, -0.25) is 14.6 Å². The Morgan fingerprint density at radius 3 is 2.79 bits per heavy atom. The van der Waals surface area contributed by atoms with Crippen molar-refractivity contribution < 1.29 is 19.3 Å². The highest BCUT2D eigenvalue weighted by Crippen LogP contribution is 2.25. The van der Waals surface area contributed by atoms with Crippen LogP contribution in [0.2, 0.25) is 0 Å². The van der Waals surface area contributed by atoms with Gasteiger partial charge in [0.25, 0.3) is 16.9 Å². The van der Waals surface area contributed by atoms with E-state index in [9.17, 15) is 9.59 Å². The van der Waals surface area contributed by atoms with Crippen LogP contribution in [0.1, 0.15) is 6.42 Å². The van der Waals surface area contributed by atoms with Gasteiger partial charge in [-0.1, -0.05) is 23.5 Å². The van der Waals surface area contributed by atoms with Gasteiger partial charge in [0.05, 0.1) is 23.7 Å². The fraction of sp³-hybridized carbons (Fsp3) is 0.158. The quantitative estimate of drug-likeness (QED) is 0.519. The number of fused-ring (bicyclic) bond motifs is 1. The number of ether oxygens (including phenoxy) is 1. The van der Waals surface area contributed by atoms with E-state index in [-0.39, 0.29) is 18.2 Å². The molecule has 2 amide bonds. The lowest BCUT2D eigenvalue weighted by Gasteiger charge is -2.16. The molecule has 8 nitrogen and oxygen atoms in total. The Morgan fingerprint density at radius 2 is 2.04 bits per heavy atom. The number of amides is 2. The molecule has 0 fully saturated rings. The molecule has 3 aromatic rings. The lowest BCUT2D eigenvalue weighted by Crippen LogP contribution is -2.89. The van der Waals surface area contributed by atoms with Crippen molar-refractivity contribution in [2.24, 2.45) is 0 Å². The van der Waals surface area contributed by atoms with E-state index in [0.29, 0.717) is 22.5 Å². The number of aromatic nitrogens is 1. The van der Waals surface area contributed by atoms with Crippen LogP contribution in [-0.4, -0.2) is 35.9 Å². The first-order chi connectivity index (χ1) is 13.6. The minimum absolute atomic E-state index is 0.0347. The Bertz CT molecular complexity index is 1030. The van der Waals surface area contributed by atoms with Crippen LogP contribution in [0.3, 0.4) is 0 Å². The molecule has 0 bridgehead atoms. The summed E-state index contributed by atoms with van der Waals surface area (Å²) in [6, 6.07) is 14.0. The van der Waals surface area contributed by atoms with Crippen LogP contribution in [0, 0.1) is 0 Å². The summed E-state index contributed by atoms with van der Waals surface area (Å²) >= 11 is 1.46. The Kier molecular flexibility index (Phi) is 4.90. The van der Waals surface area contributed by atoms with Crippen LogP contribution in [0.5, 0.6) is 5.75 Å². The molecule has 0 unspecified atom stereocenters. The molecule has 4 rings (SSSR count). The molecule has 0 spiro atoms. The minimum Gasteiger partial charge on any atom is -0.497 e. The molecule has 0 aliphatic carbocycles. The summed E-state index contributed by atoms with van der Waals surface area (Å²) in [6.45, 7) is 0. The number of anilines is 2. The Morgan fingerprint density at radius 1 is 1.25 bits per heavy atom. The SMILES string of the molecule is COc1ccc(NC(=O)[C@H]2CC(=O)NC(Nc3nc4ccccc4s3)=[NH+]2)cc1. The van der Waals surface area contributed by atoms with Gasteiger partial charge in [0.1, 0.15) is 5.75 Å². The summed E-state index contributed by atoms with van der Waals surface area (Å²) in [7, 11) is 1.58. The third-order valence-electron chi connectivity index (χ3n) is 4.17. The molecule has 28 heavy (non-hydrogen) atoms. The van der Waals surface area contributed by atoms with Crippen LogP contribution in [0.4, 0.5) is 10.8 Å². The maximum Gasteiger partial charge on any atom is 0.358 e. The molecule has 0 saturated heterocycles. The zero-order chi connectivity index (χ0) is 19.5. The molecule has 0 radical (unpaired) electrons. The smallest absolute Gasteiger partial charge is 0.358 e. The van der Waals surface area contributed by atoms with Crippen LogP contribution in [0.15, 0.2) is 48.5 Å². The number of nitrogens with one attached hydrogen (secondary N) is 4. The van der Waals surface area contributed by atoms with Gasteiger partial charge in [0.2, 0.25) is 0 Å². The van der Waals surface area contributed by atoms with E-state index in [1.165, 1.54) is 11.3 Å². The molecular formula is C19H18N5O3S+. The fourth-order valence-electron chi connectivity index (χ4n) is 2.80. The lowest BCUT2D eigenvalue weighted by atomic mass is 10.1. The molecule has 142 valence electrons. The van der Waals surface area contributed by atoms with Crippen molar-refractivity contribution in [3.63, 3.8) is 0 Å². The molecule has 9 heteroatoms. The van der Waals surface area contributed by atoms with Gasteiger partial charge in [0.15, 0.2) is 6.04 Å². The van der Waals surface area contributed by atoms with Crippen molar-refractivity contribution in [1.82, 2.24) is 10.3 Å². The minimum atomic E-state index is -0.701. The average molecular weight is 396 g/mol. The molecule has 2 heterocycles. The number of methoxy groups -OCH3 is 1. The van der Waals surface area contributed by atoms with Crippen LogP contribution >= 0.6 is 11.3 Å². The van der Waals surface area contributed by atoms with E-state index >= 15 is 0 Å². The van der Waals surface area contributed by atoms with Gasteiger partial charge in [-0.05, 0) is 36.4 Å². The number of benzene rings is 2. The number of carbonyl (C=O) groups excluding carboxylic acids is 2. The van der Waals surface area contributed by atoms with Crippen LogP contribution < -0.4 is 25.7 Å². The second-order valence-electron chi connectivity index (χ2n) is 6.15.